The molecule has 0 aliphatic carbocycles. The van der Waals surface area contributed by atoms with Crippen LogP contribution in [0.1, 0.15) is 11.4 Å². The van der Waals surface area contributed by atoms with Gasteiger partial charge in [0, 0.05) is 12.1 Å². The summed E-state index contributed by atoms with van der Waals surface area (Å²) in [5, 5.41) is 11.8. The molecule has 0 saturated heterocycles. The predicted octanol–water partition coefficient (Wildman–Crippen LogP) is 4.47. The molecule has 4 aromatic rings. The van der Waals surface area contributed by atoms with Crippen LogP contribution >= 0.6 is 0 Å². The minimum Gasteiger partial charge on any atom is -0.497 e. The Morgan fingerprint density at radius 2 is 1.77 bits per heavy atom. The third-order valence-electron chi connectivity index (χ3n) is 4.66. The van der Waals surface area contributed by atoms with E-state index < -0.39 is 4.92 Å². The molecule has 7 nitrogen and oxygen atoms in total. The van der Waals surface area contributed by atoms with Crippen molar-refractivity contribution in [3.63, 3.8) is 0 Å². The number of nitro benzene ring substituents is 1. The second kappa shape index (κ2) is 8.00. The van der Waals surface area contributed by atoms with Gasteiger partial charge in [0.25, 0.3) is 11.2 Å². The van der Waals surface area contributed by atoms with E-state index in [0.717, 1.165) is 0 Å². The third-order valence-corrected chi connectivity index (χ3v) is 4.66. The first-order valence-electron chi connectivity index (χ1n) is 9.16. The van der Waals surface area contributed by atoms with E-state index in [2.05, 4.69) is 4.98 Å². The molecule has 0 N–H and O–H groups in total. The first kappa shape index (κ1) is 19.1. The van der Waals surface area contributed by atoms with Gasteiger partial charge in [-0.2, -0.15) is 0 Å². The summed E-state index contributed by atoms with van der Waals surface area (Å²) in [5.74, 6) is 0.950. The van der Waals surface area contributed by atoms with Gasteiger partial charge in [0.15, 0.2) is 0 Å². The quantitative estimate of drug-likeness (QED) is 0.365. The van der Waals surface area contributed by atoms with E-state index in [1.807, 2.05) is 0 Å². The third kappa shape index (κ3) is 3.56. The molecule has 30 heavy (non-hydrogen) atoms. The number of aromatic nitrogens is 2. The van der Waals surface area contributed by atoms with E-state index in [-0.39, 0.29) is 11.2 Å². The predicted molar refractivity (Wildman–Crippen MR) is 116 cm³/mol. The van der Waals surface area contributed by atoms with Gasteiger partial charge in [-0.25, -0.2) is 4.98 Å². The molecule has 0 aliphatic rings. The fourth-order valence-corrected chi connectivity index (χ4v) is 3.22. The molecular weight excluding hydrogens is 382 g/mol. The van der Waals surface area contributed by atoms with E-state index in [1.54, 1.807) is 86.0 Å². The highest BCUT2D eigenvalue weighted by atomic mass is 16.6. The summed E-state index contributed by atoms with van der Waals surface area (Å²) in [7, 11) is 1.55. The van der Waals surface area contributed by atoms with Gasteiger partial charge in [-0.3, -0.25) is 19.5 Å². The van der Waals surface area contributed by atoms with E-state index in [9.17, 15) is 14.9 Å². The zero-order chi connectivity index (χ0) is 21.1. The summed E-state index contributed by atoms with van der Waals surface area (Å²) < 4.78 is 6.75. The topological polar surface area (TPSA) is 87.3 Å². The van der Waals surface area contributed by atoms with E-state index >= 15 is 0 Å². The van der Waals surface area contributed by atoms with Crippen molar-refractivity contribution in [1.29, 1.82) is 0 Å². The van der Waals surface area contributed by atoms with Crippen LogP contribution in [0.2, 0.25) is 0 Å². The lowest BCUT2D eigenvalue weighted by molar-refractivity contribution is -0.385. The molecule has 0 fully saturated rings. The van der Waals surface area contributed by atoms with Crippen LogP contribution in [-0.4, -0.2) is 21.6 Å². The lowest BCUT2D eigenvalue weighted by Crippen LogP contribution is -2.22. The molecule has 1 aromatic heterocycles. The Bertz CT molecular complexity index is 1340. The highest BCUT2D eigenvalue weighted by Gasteiger charge is 2.13. The molecule has 0 radical (unpaired) electrons. The summed E-state index contributed by atoms with van der Waals surface area (Å²) >= 11 is 0. The van der Waals surface area contributed by atoms with Crippen molar-refractivity contribution in [1.82, 2.24) is 9.55 Å². The van der Waals surface area contributed by atoms with E-state index in [0.29, 0.717) is 33.7 Å². The molecule has 4 rings (SSSR count). The zero-order valence-electron chi connectivity index (χ0n) is 16.1. The smallest absolute Gasteiger partial charge is 0.276 e. The van der Waals surface area contributed by atoms with Crippen molar-refractivity contribution < 1.29 is 9.66 Å². The Balaban J connectivity index is 1.95. The molecule has 0 bridgehead atoms. The maximum atomic E-state index is 13.3. The largest absolute Gasteiger partial charge is 0.497 e. The number of hydrogen-bond acceptors (Lipinski definition) is 5. The fourth-order valence-electron chi connectivity index (χ4n) is 3.22. The molecule has 0 amide bonds. The summed E-state index contributed by atoms with van der Waals surface area (Å²) in [6, 6.07) is 20.5. The van der Waals surface area contributed by atoms with E-state index in [4.69, 9.17) is 4.74 Å². The highest BCUT2D eigenvalue weighted by Crippen LogP contribution is 2.22. The summed E-state index contributed by atoms with van der Waals surface area (Å²) in [5.41, 5.74) is 1.28. The van der Waals surface area contributed by atoms with Crippen LogP contribution in [0, 0.1) is 10.1 Å². The summed E-state index contributed by atoms with van der Waals surface area (Å²) in [6.45, 7) is 0. The normalized spacial score (nSPS) is 11.1. The van der Waals surface area contributed by atoms with Crippen LogP contribution in [0.3, 0.4) is 0 Å². The van der Waals surface area contributed by atoms with Gasteiger partial charge in [0.05, 0.1) is 34.2 Å². The van der Waals surface area contributed by atoms with Gasteiger partial charge < -0.3 is 4.74 Å². The first-order valence-corrected chi connectivity index (χ1v) is 9.16. The minimum absolute atomic E-state index is 0.0233. The Morgan fingerprint density at radius 1 is 1.00 bits per heavy atom. The van der Waals surface area contributed by atoms with Gasteiger partial charge in [-0.15, -0.1) is 0 Å². The standard InChI is InChI=1S/C23H17N3O4/c1-30-18-9-6-8-17(15-18)25-22(24-20-11-4-3-10-19(20)23(25)27)14-13-16-7-2-5-12-21(16)26(28)29/h2-15H,1H3. The van der Waals surface area contributed by atoms with Gasteiger partial charge in [0.2, 0.25) is 0 Å². The number of para-hydroxylation sites is 2. The van der Waals surface area contributed by atoms with Crippen molar-refractivity contribution in [2.75, 3.05) is 7.11 Å². The van der Waals surface area contributed by atoms with Crippen molar-refractivity contribution in [3.8, 4) is 11.4 Å². The number of ether oxygens (including phenoxy) is 1. The van der Waals surface area contributed by atoms with Gasteiger partial charge in [-0.05, 0) is 42.5 Å². The van der Waals surface area contributed by atoms with Crippen molar-refractivity contribution in [2.45, 2.75) is 0 Å². The number of nitrogens with zero attached hydrogens (tertiary/aromatic N) is 3. The van der Waals surface area contributed by atoms with Crippen molar-refractivity contribution in [2.24, 2.45) is 0 Å². The second-order valence-corrected chi connectivity index (χ2v) is 6.48. The second-order valence-electron chi connectivity index (χ2n) is 6.48. The molecule has 0 aliphatic heterocycles. The number of hydrogen-bond donors (Lipinski definition) is 0. The van der Waals surface area contributed by atoms with Crippen LogP contribution in [0.5, 0.6) is 5.75 Å². The summed E-state index contributed by atoms with van der Waals surface area (Å²) in [4.78, 5) is 28.8. The van der Waals surface area contributed by atoms with Gasteiger partial charge >= 0.3 is 0 Å². The van der Waals surface area contributed by atoms with Crippen molar-refractivity contribution >= 4 is 28.7 Å². The molecule has 7 heteroatoms. The Kier molecular flexibility index (Phi) is 5.09. The van der Waals surface area contributed by atoms with Gasteiger partial charge in [-0.1, -0.05) is 30.3 Å². The minimum atomic E-state index is -0.442. The average Bonchev–Trinajstić information content (AvgIpc) is 2.78. The lowest BCUT2D eigenvalue weighted by atomic mass is 10.1. The average molecular weight is 399 g/mol. The fraction of sp³-hybridized carbons (Fsp3) is 0.0435. The number of methoxy groups -OCH3 is 1. The SMILES string of the molecule is COc1cccc(-n2c(C=Cc3ccccc3[N+](=O)[O-])nc3ccccc3c2=O)c1. The molecular formula is C23H17N3O4. The number of nitro groups is 1. The van der Waals surface area contributed by atoms with Gasteiger partial charge in [0.1, 0.15) is 11.6 Å². The van der Waals surface area contributed by atoms with Crippen molar-refractivity contribution in [3.05, 3.63) is 105 Å². The van der Waals surface area contributed by atoms with Crippen LogP contribution in [0.15, 0.2) is 77.6 Å². The lowest BCUT2D eigenvalue weighted by Gasteiger charge is -2.12. The van der Waals surface area contributed by atoms with Crippen LogP contribution in [0.4, 0.5) is 5.69 Å². The first-order chi connectivity index (χ1) is 14.6. The number of benzene rings is 3. The Hall–Kier alpha value is -4.26. The zero-order valence-corrected chi connectivity index (χ0v) is 16.1. The van der Waals surface area contributed by atoms with E-state index in [1.165, 1.54) is 10.6 Å². The summed E-state index contributed by atoms with van der Waals surface area (Å²) in [6.07, 6.45) is 3.20. The van der Waals surface area contributed by atoms with Crippen LogP contribution in [0.25, 0.3) is 28.7 Å². The number of rotatable bonds is 5. The molecule has 0 unspecified atom stereocenters. The Morgan fingerprint density at radius 3 is 2.57 bits per heavy atom. The molecule has 3 aromatic carbocycles. The molecule has 0 saturated carbocycles. The molecule has 0 atom stereocenters. The molecule has 0 spiro atoms. The maximum absolute atomic E-state index is 13.3. The van der Waals surface area contributed by atoms with Crippen LogP contribution in [-0.2, 0) is 0 Å². The number of fused-ring (bicyclic) bond motifs is 1. The monoisotopic (exact) mass is 399 g/mol. The molecule has 148 valence electrons. The Labute approximate surface area is 171 Å². The maximum Gasteiger partial charge on any atom is 0.276 e. The van der Waals surface area contributed by atoms with Crippen LogP contribution < -0.4 is 10.3 Å². The highest BCUT2D eigenvalue weighted by molar-refractivity contribution is 5.80. The molecule has 1 heterocycles.